The van der Waals surface area contributed by atoms with E-state index >= 15 is 0 Å². The average Bonchev–Trinajstić information content (AvgIpc) is 3.28. The van der Waals surface area contributed by atoms with E-state index in [0.717, 1.165) is 37.1 Å². The van der Waals surface area contributed by atoms with Gasteiger partial charge in [-0.15, -0.1) is 0 Å². The van der Waals surface area contributed by atoms with E-state index < -0.39 is 0 Å². The summed E-state index contributed by atoms with van der Waals surface area (Å²) in [6.45, 7) is 4.08. The second-order valence-electron chi connectivity index (χ2n) is 5.79. The fourth-order valence-electron chi connectivity index (χ4n) is 2.66. The Morgan fingerprint density at radius 3 is 2.38 bits per heavy atom. The Hall–Kier alpha value is -1.55. The third-order valence-electron chi connectivity index (χ3n) is 4.04. The molecule has 0 bridgehead atoms. The summed E-state index contributed by atoms with van der Waals surface area (Å²) in [5.74, 6) is 1.08. The topological polar surface area (TPSA) is 38.8 Å². The van der Waals surface area contributed by atoms with Crippen molar-refractivity contribution in [3.8, 4) is 5.75 Å². The molecule has 2 rings (SSSR count). The van der Waals surface area contributed by atoms with Crippen LogP contribution in [-0.4, -0.2) is 38.2 Å². The number of carbonyl (C=O) groups excluding carboxylic acids is 1. The lowest BCUT2D eigenvalue weighted by molar-refractivity contribution is -0.139. The first-order valence-corrected chi connectivity index (χ1v) is 7.56. The smallest absolute Gasteiger partial charge is 0.231 e. The Morgan fingerprint density at radius 2 is 1.90 bits per heavy atom. The van der Waals surface area contributed by atoms with Crippen molar-refractivity contribution in [3.63, 3.8) is 0 Å². The summed E-state index contributed by atoms with van der Waals surface area (Å²) in [6.07, 6.45) is 2.86. The molecule has 0 heterocycles. The first-order valence-electron chi connectivity index (χ1n) is 7.56. The highest BCUT2D eigenvalue weighted by Gasteiger charge is 2.51. The molecule has 1 saturated carbocycles. The van der Waals surface area contributed by atoms with Gasteiger partial charge < -0.3 is 14.4 Å². The lowest BCUT2D eigenvalue weighted by Crippen LogP contribution is -2.39. The highest BCUT2D eigenvalue weighted by atomic mass is 16.5. The van der Waals surface area contributed by atoms with Gasteiger partial charge in [-0.25, -0.2) is 0 Å². The van der Waals surface area contributed by atoms with E-state index in [0.29, 0.717) is 13.2 Å². The standard InChI is InChI=1S/C17H25NO3/c1-4-11-18(16(19)17(9-10-17)13-20-2)12-14-5-7-15(21-3)8-6-14/h5-8H,4,9-13H2,1-3H3. The number of ether oxygens (including phenoxy) is 2. The van der Waals surface area contributed by atoms with E-state index in [1.807, 2.05) is 29.2 Å². The predicted molar refractivity (Wildman–Crippen MR) is 82.2 cm³/mol. The lowest BCUT2D eigenvalue weighted by atomic mass is 10.1. The van der Waals surface area contributed by atoms with Crippen molar-refractivity contribution in [1.29, 1.82) is 0 Å². The van der Waals surface area contributed by atoms with Gasteiger partial charge in [0.2, 0.25) is 5.91 Å². The number of carbonyl (C=O) groups is 1. The van der Waals surface area contributed by atoms with Crippen LogP contribution in [-0.2, 0) is 16.1 Å². The van der Waals surface area contributed by atoms with E-state index in [9.17, 15) is 4.79 Å². The van der Waals surface area contributed by atoms with Gasteiger partial charge in [-0.05, 0) is 37.0 Å². The molecule has 116 valence electrons. The van der Waals surface area contributed by atoms with Crippen LogP contribution in [0, 0.1) is 5.41 Å². The van der Waals surface area contributed by atoms with Gasteiger partial charge in [0.1, 0.15) is 5.75 Å². The molecule has 0 atom stereocenters. The van der Waals surface area contributed by atoms with Crippen molar-refractivity contribution < 1.29 is 14.3 Å². The minimum absolute atomic E-state index is 0.238. The number of amides is 1. The number of hydrogen-bond acceptors (Lipinski definition) is 3. The molecule has 1 fully saturated rings. The fourth-order valence-corrected chi connectivity index (χ4v) is 2.66. The number of rotatable bonds is 8. The zero-order valence-corrected chi connectivity index (χ0v) is 13.2. The second kappa shape index (κ2) is 6.94. The SMILES string of the molecule is CCCN(Cc1ccc(OC)cc1)C(=O)C1(COC)CC1. The summed E-state index contributed by atoms with van der Waals surface area (Å²) in [5.41, 5.74) is 0.877. The summed E-state index contributed by atoms with van der Waals surface area (Å²) in [6, 6.07) is 7.91. The molecule has 1 aromatic carbocycles. The van der Waals surface area contributed by atoms with Crippen LogP contribution >= 0.6 is 0 Å². The monoisotopic (exact) mass is 291 g/mol. The van der Waals surface area contributed by atoms with Gasteiger partial charge in [0.25, 0.3) is 0 Å². The molecule has 0 spiro atoms. The normalized spacial score (nSPS) is 15.6. The lowest BCUT2D eigenvalue weighted by Gasteiger charge is -2.27. The molecule has 0 unspecified atom stereocenters. The summed E-state index contributed by atoms with van der Waals surface area (Å²) in [4.78, 5) is 14.7. The highest BCUT2D eigenvalue weighted by molar-refractivity contribution is 5.85. The molecule has 4 heteroatoms. The number of nitrogens with zero attached hydrogens (tertiary/aromatic N) is 1. The minimum atomic E-state index is -0.254. The maximum absolute atomic E-state index is 12.8. The van der Waals surface area contributed by atoms with Crippen LogP contribution in [0.25, 0.3) is 0 Å². The van der Waals surface area contributed by atoms with Gasteiger partial charge in [-0.1, -0.05) is 19.1 Å². The van der Waals surface area contributed by atoms with Gasteiger partial charge in [0.15, 0.2) is 0 Å². The van der Waals surface area contributed by atoms with Gasteiger partial charge >= 0.3 is 0 Å². The number of methoxy groups -OCH3 is 2. The summed E-state index contributed by atoms with van der Waals surface area (Å²) < 4.78 is 10.4. The Labute approximate surface area is 127 Å². The van der Waals surface area contributed by atoms with E-state index in [2.05, 4.69) is 6.92 Å². The maximum Gasteiger partial charge on any atom is 0.231 e. The molecule has 4 nitrogen and oxygen atoms in total. The van der Waals surface area contributed by atoms with Crippen molar-refractivity contribution >= 4 is 5.91 Å². The van der Waals surface area contributed by atoms with Crippen LogP contribution in [0.3, 0.4) is 0 Å². The Kier molecular flexibility index (Phi) is 5.23. The molecule has 0 saturated heterocycles. The van der Waals surface area contributed by atoms with Crippen molar-refractivity contribution in [1.82, 2.24) is 4.90 Å². The Bertz CT molecular complexity index is 465. The maximum atomic E-state index is 12.8. The number of hydrogen-bond donors (Lipinski definition) is 0. The molecule has 1 aliphatic rings. The third kappa shape index (κ3) is 3.76. The average molecular weight is 291 g/mol. The summed E-state index contributed by atoms with van der Waals surface area (Å²) >= 11 is 0. The van der Waals surface area contributed by atoms with E-state index in [-0.39, 0.29) is 11.3 Å². The summed E-state index contributed by atoms with van der Waals surface area (Å²) in [5, 5.41) is 0. The predicted octanol–water partition coefficient (Wildman–Crippen LogP) is 2.86. The molecular weight excluding hydrogens is 266 g/mol. The van der Waals surface area contributed by atoms with Crippen molar-refractivity contribution in [2.75, 3.05) is 27.4 Å². The molecule has 21 heavy (non-hydrogen) atoms. The molecule has 0 N–H and O–H groups in total. The van der Waals surface area contributed by atoms with Crippen LogP contribution < -0.4 is 4.74 Å². The van der Waals surface area contributed by atoms with Crippen LogP contribution in [0.1, 0.15) is 31.7 Å². The zero-order chi connectivity index (χ0) is 15.3. The van der Waals surface area contributed by atoms with Gasteiger partial charge in [0, 0.05) is 20.2 Å². The zero-order valence-electron chi connectivity index (χ0n) is 13.2. The molecule has 1 aromatic rings. The molecule has 0 aromatic heterocycles. The van der Waals surface area contributed by atoms with Gasteiger partial charge in [-0.3, -0.25) is 4.79 Å². The minimum Gasteiger partial charge on any atom is -0.497 e. The van der Waals surface area contributed by atoms with Crippen molar-refractivity contribution in [3.05, 3.63) is 29.8 Å². The molecule has 1 amide bonds. The third-order valence-corrected chi connectivity index (χ3v) is 4.04. The van der Waals surface area contributed by atoms with Crippen LogP contribution in [0.5, 0.6) is 5.75 Å². The van der Waals surface area contributed by atoms with E-state index in [1.165, 1.54) is 0 Å². The first kappa shape index (κ1) is 15.8. The number of benzene rings is 1. The quantitative estimate of drug-likeness (QED) is 0.739. The molecule has 1 aliphatic carbocycles. The van der Waals surface area contributed by atoms with Gasteiger partial charge in [0.05, 0.1) is 19.1 Å². The Morgan fingerprint density at radius 1 is 1.24 bits per heavy atom. The molecule has 0 aliphatic heterocycles. The van der Waals surface area contributed by atoms with Gasteiger partial charge in [-0.2, -0.15) is 0 Å². The molecular formula is C17H25NO3. The van der Waals surface area contributed by atoms with Crippen LogP contribution in [0.2, 0.25) is 0 Å². The first-order chi connectivity index (χ1) is 10.1. The molecule has 0 radical (unpaired) electrons. The second-order valence-corrected chi connectivity index (χ2v) is 5.79. The fraction of sp³-hybridized carbons (Fsp3) is 0.588. The van der Waals surface area contributed by atoms with E-state index in [4.69, 9.17) is 9.47 Å². The van der Waals surface area contributed by atoms with Crippen LogP contribution in [0.4, 0.5) is 0 Å². The Balaban J connectivity index is 2.06. The van der Waals surface area contributed by atoms with Crippen molar-refractivity contribution in [2.24, 2.45) is 5.41 Å². The highest BCUT2D eigenvalue weighted by Crippen LogP contribution is 2.47. The largest absolute Gasteiger partial charge is 0.497 e. The van der Waals surface area contributed by atoms with E-state index in [1.54, 1.807) is 14.2 Å². The van der Waals surface area contributed by atoms with Crippen molar-refractivity contribution in [2.45, 2.75) is 32.7 Å². The van der Waals surface area contributed by atoms with Crippen LogP contribution in [0.15, 0.2) is 24.3 Å². The summed E-state index contributed by atoms with van der Waals surface area (Å²) in [7, 11) is 3.32.